The maximum Gasteiger partial charge on any atom is 0.293 e. The summed E-state index contributed by atoms with van der Waals surface area (Å²) >= 11 is 13.4. The molecule has 2 N–H and O–H groups in total. The van der Waals surface area contributed by atoms with E-state index in [4.69, 9.17) is 28.2 Å². The van der Waals surface area contributed by atoms with Gasteiger partial charge in [0.05, 0.1) is 10.7 Å². The zero-order valence-electron chi connectivity index (χ0n) is 11.6. The maximum atomic E-state index is 12.2. The Morgan fingerprint density at radius 3 is 2.70 bits per heavy atom. The largest absolute Gasteiger partial charge is 0.451 e. The molecule has 0 spiro atoms. The summed E-state index contributed by atoms with van der Waals surface area (Å²) in [5.74, 6) is -0.218. The summed E-state index contributed by atoms with van der Waals surface area (Å²) in [6.45, 7) is 0. The number of amides is 1. The summed E-state index contributed by atoms with van der Waals surface area (Å²) in [6.07, 6.45) is 0. The van der Waals surface area contributed by atoms with Crippen LogP contribution in [0, 0.1) is 3.57 Å². The van der Waals surface area contributed by atoms with Crippen molar-refractivity contribution in [3.63, 3.8) is 0 Å². The number of carbonyl (C=O) groups is 1. The van der Waals surface area contributed by atoms with Crippen LogP contribution in [0.1, 0.15) is 10.6 Å². The maximum absolute atomic E-state index is 12.2. The number of anilines is 1. The highest BCUT2D eigenvalue weighted by Gasteiger charge is 2.14. The Kier molecular flexibility index (Phi) is 4.84. The number of benzene rings is 2. The van der Waals surface area contributed by atoms with Gasteiger partial charge in [-0.15, -0.1) is 0 Å². The van der Waals surface area contributed by atoms with E-state index in [9.17, 15) is 4.79 Å². The molecule has 2 aromatic carbocycles. The lowest BCUT2D eigenvalue weighted by atomic mass is 10.2. The summed E-state index contributed by atoms with van der Waals surface area (Å²) in [5, 5.41) is 7.00. The molecule has 0 aliphatic rings. The van der Waals surface area contributed by atoms with Crippen LogP contribution in [0.25, 0.3) is 11.0 Å². The Hall–Kier alpha value is -1.64. The predicted molar refractivity (Wildman–Crippen MR) is 104 cm³/mol. The first-order valence-electron chi connectivity index (χ1n) is 6.59. The van der Waals surface area contributed by atoms with Crippen LogP contribution >= 0.6 is 46.4 Å². The summed E-state index contributed by atoms with van der Waals surface area (Å²) in [6, 6.07) is 14.6. The van der Waals surface area contributed by atoms with Crippen molar-refractivity contribution in [3.8, 4) is 0 Å². The number of halogens is 2. The van der Waals surface area contributed by atoms with Crippen LogP contribution in [0.3, 0.4) is 0 Å². The van der Waals surface area contributed by atoms with Crippen molar-refractivity contribution in [2.75, 3.05) is 5.32 Å². The lowest BCUT2D eigenvalue weighted by Gasteiger charge is -2.10. The standard InChI is InChI=1S/C16H10ClIN2O2S/c17-11-8-10(18)5-6-12(11)19-16(23)20-15(21)14-7-9-3-1-2-4-13(9)22-14/h1-8H,(H2,19,20,21,23). The van der Waals surface area contributed by atoms with Gasteiger partial charge in [0.25, 0.3) is 5.91 Å². The number of rotatable bonds is 2. The van der Waals surface area contributed by atoms with Gasteiger partial charge in [-0.1, -0.05) is 29.8 Å². The fourth-order valence-electron chi connectivity index (χ4n) is 2.00. The monoisotopic (exact) mass is 456 g/mol. The number of carbonyl (C=O) groups excluding carboxylic acids is 1. The summed E-state index contributed by atoms with van der Waals surface area (Å²) in [5.41, 5.74) is 1.28. The lowest BCUT2D eigenvalue weighted by Crippen LogP contribution is -2.33. The third-order valence-corrected chi connectivity index (χ3v) is 4.24. The van der Waals surface area contributed by atoms with E-state index in [2.05, 4.69) is 33.2 Å². The van der Waals surface area contributed by atoms with E-state index in [-0.39, 0.29) is 10.9 Å². The normalized spacial score (nSPS) is 10.5. The van der Waals surface area contributed by atoms with Crippen LogP contribution in [0.2, 0.25) is 5.02 Å². The molecule has 23 heavy (non-hydrogen) atoms. The van der Waals surface area contributed by atoms with Gasteiger partial charge >= 0.3 is 0 Å². The summed E-state index contributed by atoms with van der Waals surface area (Å²) in [7, 11) is 0. The molecule has 0 aliphatic heterocycles. The van der Waals surface area contributed by atoms with Gasteiger partial charge in [-0.05, 0) is 65.1 Å². The minimum atomic E-state index is -0.416. The number of fused-ring (bicyclic) bond motifs is 1. The van der Waals surface area contributed by atoms with Crippen LogP contribution < -0.4 is 10.6 Å². The molecule has 0 unspecified atom stereocenters. The number of para-hydroxylation sites is 1. The number of hydrogen-bond acceptors (Lipinski definition) is 3. The molecular formula is C16H10ClIN2O2S. The molecule has 0 bridgehead atoms. The highest BCUT2D eigenvalue weighted by atomic mass is 127. The highest BCUT2D eigenvalue weighted by molar-refractivity contribution is 14.1. The molecule has 116 valence electrons. The van der Waals surface area contributed by atoms with Crippen LogP contribution in [0.4, 0.5) is 5.69 Å². The Bertz CT molecular complexity index is 877. The Labute approximate surface area is 156 Å². The zero-order chi connectivity index (χ0) is 16.4. The molecule has 0 radical (unpaired) electrons. The van der Waals surface area contributed by atoms with E-state index in [1.807, 2.05) is 24.3 Å². The summed E-state index contributed by atoms with van der Waals surface area (Å²) < 4.78 is 6.50. The van der Waals surface area contributed by atoms with E-state index in [0.29, 0.717) is 16.3 Å². The van der Waals surface area contributed by atoms with E-state index < -0.39 is 5.91 Å². The zero-order valence-corrected chi connectivity index (χ0v) is 15.3. The predicted octanol–water partition coefficient (Wildman–Crippen LogP) is 4.82. The van der Waals surface area contributed by atoms with Crippen LogP contribution in [-0.2, 0) is 0 Å². The Morgan fingerprint density at radius 2 is 1.96 bits per heavy atom. The van der Waals surface area contributed by atoms with Gasteiger partial charge in [0.15, 0.2) is 10.9 Å². The number of nitrogens with one attached hydrogen (secondary N) is 2. The molecular weight excluding hydrogens is 447 g/mol. The van der Waals surface area contributed by atoms with Crippen LogP contribution in [0.15, 0.2) is 52.9 Å². The first-order valence-corrected chi connectivity index (χ1v) is 8.45. The minimum absolute atomic E-state index is 0.151. The SMILES string of the molecule is O=C(NC(=S)Nc1ccc(I)cc1Cl)c1cc2ccccc2o1. The average molecular weight is 457 g/mol. The second kappa shape index (κ2) is 6.86. The van der Waals surface area contributed by atoms with Crippen LogP contribution in [0.5, 0.6) is 0 Å². The van der Waals surface area contributed by atoms with Gasteiger partial charge < -0.3 is 9.73 Å². The average Bonchev–Trinajstić information content (AvgIpc) is 2.94. The second-order valence-corrected chi connectivity index (χ2v) is 6.74. The van der Waals surface area contributed by atoms with Gasteiger partial charge in [0.1, 0.15) is 5.58 Å². The first kappa shape index (κ1) is 16.2. The number of thiocarbonyl (C=S) groups is 1. The smallest absolute Gasteiger partial charge is 0.293 e. The molecule has 0 atom stereocenters. The number of furan rings is 1. The third-order valence-electron chi connectivity index (χ3n) is 3.06. The molecule has 1 heterocycles. The van der Waals surface area contributed by atoms with Crippen molar-refractivity contribution in [1.29, 1.82) is 0 Å². The second-order valence-electron chi connectivity index (χ2n) is 4.68. The quantitative estimate of drug-likeness (QED) is 0.429. The Balaban J connectivity index is 1.70. The number of hydrogen-bond donors (Lipinski definition) is 2. The topological polar surface area (TPSA) is 54.3 Å². The third kappa shape index (κ3) is 3.82. The van der Waals surface area contributed by atoms with Gasteiger partial charge in [-0.2, -0.15) is 0 Å². The highest BCUT2D eigenvalue weighted by Crippen LogP contribution is 2.24. The molecule has 7 heteroatoms. The van der Waals surface area contributed by atoms with Crippen molar-refractivity contribution in [3.05, 3.63) is 62.9 Å². The molecule has 4 nitrogen and oxygen atoms in total. The molecule has 0 aliphatic carbocycles. The summed E-state index contributed by atoms with van der Waals surface area (Å²) in [4.78, 5) is 12.2. The fourth-order valence-corrected chi connectivity index (χ4v) is 3.11. The van der Waals surface area contributed by atoms with Crippen molar-refractivity contribution >= 4 is 74.1 Å². The van der Waals surface area contributed by atoms with E-state index in [1.54, 1.807) is 24.3 Å². The Morgan fingerprint density at radius 1 is 1.17 bits per heavy atom. The molecule has 1 amide bonds. The van der Waals surface area contributed by atoms with Gasteiger partial charge in [0.2, 0.25) is 0 Å². The molecule has 3 aromatic rings. The van der Waals surface area contributed by atoms with E-state index in [1.165, 1.54) is 0 Å². The van der Waals surface area contributed by atoms with E-state index in [0.717, 1.165) is 8.96 Å². The van der Waals surface area contributed by atoms with Crippen molar-refractivity contribution in [2.45, 2.75) is 0 Å². The van der Waals surface area contributed by atoms with Gasteiger partial charge in [-0.25, -0.2) is 0 Å². The fraction of sp³-hybridized carbons (Fsp3) is 0. The molecule has 0 saturated heterocycles. The molecule has 1 aromatic heterocycles. The molecule has 0 fully saturated rings. The van der Waals surface area contributed by atoms with Gasteiger partial charge in [0, 0.05) is 8.96 Å². The minimum Gasteiger partial charge on any atom is -0.451 e. The molecule has 0 saturated carbocycles. The van der Waals surface area contributed by atoms with Crippen LogP contribution in [-0.4, -0.2) is 11.0 Å². The van der Waals surface area contributed by atoms with Crippen molar-refractivity contribution in [2.24, 2.45) is 0 Å². The van der Waals surface area contributed by atoms with E-state index >= 15 is 0 Å². The lowest BCUT2D eigenvalue weighted by molar-refractivity contribution is 0.0953. The van der Waals surface area contributed by atoms with Gasteiger partial charge in [-0.3, -0.25) is 10.1 Å². The van der Waals surface area contributed by atoms with Crippen molar-refractivity contribution < 1.29 is 9.21 Å². The first-order chi connectivity index (χ1) is 11.0. The van der Waals surface area contributed by atoms with Crippen molar-refractivity contribution in [1.82, 2.24) is 5.32 Å². The molecule has 3 rings (SSSR count).